The van der Waals surface area contributed by atoms with E-state index in [0.29, 0.717) is 34.6 Å². The van der Waals surface area contributed by atoms with Crippen LogP contribution in [0.25, 0.3) is 22.3 Å². The normalized spacial score (nSPS) is 11.4. The van der Waals surface area contributed by atoms with E-state index >= 15 is 0 Å². The summed E-state index contributed by atoms with van der Waals surface area (Å²) in [6.07, 6.45) is 9.15. The van der Waals surface area contributed by atoms with E-state index in [1.807, 2.05) is 12.1 Å². The predicted octanol–water partition coefficient (Wildman–Crippen LogP) is 3.70. The zero-order valence-corrected chi connectivity index (χ0v) is 17.8. The Labute approximate surface area is 192 Å². The molecule has 0 atom stereocenters. The van der Waals surface area contributed by atoms with Gasteiger partial charge in [0.15, 0.2) is 5.65 Å². The fraction of sp³-hybridized carbons (Fsp3) is 0.174. The highest BCUT2D eigenvalue weighted by Gasteiger charge is 2.19. The first-order valence-corrected chi connectivity index (χ1v) is 10.5. The summed E-state index contributed by atoms with van der Waals surface area (Å²) in [4.78, 5) is 25.9. The van der Waals surface area contributed by atoms with Gasteiger partial charge >= 0.3 is 6.55 Å². The van der Waals surface area contributed by atoms with Crippen molar-refractivity contribution in [2.24, 2.45) is 0 Å². The molecular weight excluding hydrogens is 444 g/mol. The van der Waals surface area contributed by atoms with Crippen LogP contribution in [-0.4, -0.2) is 41.8 Å². The third-order valence-corrected chi connectivity index (χ3v) is 5.29. The van der Waals surface area contributed by atoms with E-state index in [1.165, 1.54) is 12.4 Å². The van der Waals surface area contributed by atoms with Crippen LogP contribution < -0.4 is 5.32 Å². The molecule has 0 fully saturated rings. The van der Waals surface area contributed by atoms with Crippen LogP contribution in [0.5, 0.6) is 0 Å². The molecule has 5 aromatic heterocycles. The number of carbonyl (C=O) groups is 1. The number of carbonyl (C=O) groups excluding carboxylic acids is 1. The number of rotatable bonds is 8. The number of furan rings is 1. The van der Waals surface area contributed by atoms with Gasteiger partial charge in [0.1, 0.15) is 18.1 Å². The molecule has 1 N–H and O–H groups in total. The van der Waals surface area contributed by atoms with Gasteiger partial charge in [-0.1, -0.05) is 0 Å². The fourth-order valence-corrected chi connectivity index (χ4v) is 3.66. The molecule has 5 rings (SSSR count). The summed E-state index contributed by atoms with van der Waals surface area (Å²) in [5, 5.41) is 7.76. The standard InChI is InChI=1S/C23H19F2N7O2/c24-23(25)31-9-8-27-20(31)5-7-28-22(33)17-11-19(15-3-1-6-26-12-15)30-21-18(17)13-29-32(21)14-16-4-2-10-34-16/h1-4,6,8-13,23H,5,7,14H2,(H,28,33). The largest absolute Gasteiger partial charge is 0.467 e. The quantitative estimate of drug-likeness (QED) is 0.376. The Morgan fingerprint density at radius 2 is 2.09 bits per heavy atom. The Kier molecular flexibility index (Phi) is 5.81. The zero-order chi connectivity index (χ0) is 23.5. The van der Waals surface area contributed by atoms with Crippen molar-refractivity contribution in [2.75, 3.05) is 6.54 Å². The van der Waals surface area contributed by atoms with Crippen LogP contribution in [0, 0.1) is 0 Å². The summed E-state index contributed by atoms with van der Waals surface area (Å²) in [5.74, 6) is 0.516. The zero-order valence-electron chi connectivity index (χ0n) is 17.8. The van der Waals surface area contributed by atoms with Crippen LogP contribution in [0.15, 0.2) is 72.0 Å². The SMILES string of the molecule is O=C(NCCc1nccn1C(F)F)c1cc(-c2cccnc2)nc2c1cnn2Cc1ccco1. The number of fused-ring (bicyclic) bond motifs is 1. The number of alkyl halides is 2. The predicted molar refractivity (Wildman–Crippen MR) is 118 cm³/mol. The minimum absolute atomic E-state index is 0.134. The molecule has 0 radical (unpaired) electrons. The number of aromatic nitrogens is 6. The van der Waals surface area contributed by atoms with Crippen LogP contribution in [0.2, 0.25) is 0 Å². The van der Waals surface area contributed by atoms with E-state index in [9.17, 15) is 13.6 Å². The number of hydrogen-bond acceptors (Lipinski definition) is 6. The lowest BCUT2D eigenvalue weighted by Gasteiger charge is -2.10. The van der Waals surface area contributed by atoms with E-state index in [-0.39, 0.29) is 24.7 Å². The Balaban J connectivity index is 1.45. The summed E-state index contributed by atoms with van der Waals surface area (Å²) in [6.45, 7) is -2.21. The minimum Gasteiger partial charge on any atom is -0.467 e. The molecule has 0 saturated carbocycles. The van der Waals surface area contributed by atoms with Crippen LogP contribution in [0.4, 0.5) is 8.78 Å². The minimum atomic E-state index is -2.69. The molecule has 11 heteroatoms. The van der Waals surface area contributed by atoms with E-state index < -0.39 is 6.55 Å². The van der Waals surface area contributed by atoms with Crippen molar-refractivity contribution in [3.05, 3.63) is 84.7 Å². The van der Waals surface area contributed by atoms with Crippen LogP contribution in [0.1, 0.15) is 28.5 Å². The number of amides is 1. The van der Waals surface area contributed by atoms with Gasteiger partial charge in [-0.15, -0.1) is 0 Å². The maximum atomic E-state index is 13.1. The highest BCUT2D eigenvalue weighted by atomic mass is 19.3. The number of nitrogens with zero attached hydrogens (tertiary/aromatic N) is 6. The van der Waals surface area contributed by atoms with Gasteiger partial charge in [-0.3, -0.25) is 14.3 Å². The van der Waals surface area contributed by atoms with E-state index in [4.69, 9.17) is 9.40 Å². The van der Waals surface area contributed by atoms with Crippen molar-refractivity contribution in [2.45, 2.75) is 19.5 Å². The first-order chi connectivity index (χ1) is 16.6. The van der Waals surface area contributed by atoms with Crippen molar-refractivity contribution in [1.29, 1.82) is 0 Å². The maximum absolute atomic E-state index is 13.1. The maximum Gasteiger partial charge on any atom is 0.319 e. The summed E-state index contributed by atoms with van der Waals surface area (Å²) in [6, 6.07) is 8.92. The second kappa shape index (κ2) is 9.22. The third-order valence-electron chi connectivity index (χ3n) is 5.29. The molecule has 1 amide bonds. The lowest BCUT2D eigenvalue weighted by Crippen LogP contribution is -2.27. The Hall–Kier alpha value is -4.41. The van der Waals surface area contributed by atoms with Crippen molar-refractivity contribution in [3.8, 4) is 11.3 Å². The lowest BCUT2D eigenvalue weighted by atomic mass is 10.1. The fourth-order valence-electron chi connectivity index (χ4n) is 3.66. The van der Waals surface area contributed by atoms with Crippen molar-refractivity contribution in [3.63, 3.8) is 0 Å². The monoisotopic (exact) mass is 463 g/mol. The van der Waals surface area contributed by atoms with Crippen molar-refractivity contribution < 1.29 is 18.0 Å². The summed E-state index contributed by atoms with van der Waals surface area (Å²) in [5.41, 5.74) is 2.17. The molecule has 0 aliphatic heterocycles. The lowest BCUT2D eigenvalue weighted by molar-refractivity contribution is 0.0670. The highest BCUT2D eigenvalue weighted by molar-refractivity contribution is 6.06. The number of nitrogens with one attached hydrogen (secondary N) is 1. The first kappa shape index (κ1) is 21.4. The van der Waals surface area contributed by atoms with E-state index in [1.54, 1.807) is 47.7 Å². The summed E-state index contributed by atoms with van der Waals surface area (Å²) in [7, 11) is 0. The van der Waals surface area contributed by atoms with Gasteiger partial charge in [-0.05, 0) is 30.3 Å². The number of pyridine rings is 2. The van der Waals surface area contributed by atoms with Gasteiger partial charge in [-0.2, -0.15) is 13.9 Å². The van der Waals surface area contributed by atoms with Gasteiger partial charge in [0.2, 0.25) is 0 Å². The number of imidazole rings is 1. The molecule has 0 aliphatic carbocycles. The van der Waals surface area contributed by atoms with Crippen LogP contribution in [0.3, 0.4) is 0 Å². The number of hydrogen-bond donors (Lipinski definition) is 1. The smallest absolute Gasteiger partial charge is 0.319 e. The second-order valence-corrected chi connectivity index (χ2v) is 7.45. The Bertz CT molecular complexity index is 1410. The third kappa shape index (κ3) is 4.27. The molecular formula is C23H19F2N7O2. The van der Waals surface area contributed by atoms with Crippen molar-refractivity contribution in [1.82, 2.24) is 34.6 Å². The molecule has 5 heterocycles. The van der Waals surface area contributed by atoms with Crippen LogP contribution >= 0.6 is 0 Å². The molecule has 0 spiro atoms. The molecule has 0 bridgehead atoms. The molecule has 9 nitrogen and oxygen atoms in total. The molecule has 0 aliphatic rings. The van der Waals surface area contributed by atoms with E-state index in [0.717, 1.165) is 10.1 Å². The molecule has 0 unspecified atom stereocenters. The molecule has 34 heavy (non-hydrogen) atoms. The average molecular weight is 463 g/mol. The van der Waals surface area contributed by atoms with Gasteiger partial charge < -0.3 is 9.73 Å². The summed E-state index contributed by atoms with van der Waals surface area (Å²) >= 11 is 0. The van der Waals surface area contributed by atoms with Gasteiger partial charge in [0.05, 0.1) is 29.1 Å². The molecule has 5 aromatic rings. The van der Waals surface area contributed by atoms with Crippen molar-refractivity contribution >= 4 is 16.9 Å². The second-order valence-electron chi connectivity index (χ2n) is 7.45. The Morgan fingerprint density at radius 1 is 1.18 bits per heavy atom. The number of halogens is 2. The van der Waals surface area contributed by atoms with Gasteiger partial charge in [0.25, 0.3) is 5.91 Å². The topological polar surface area (TPSA) is 104 Å². The highest BCUT2D eigenvalue weighted by Crippen LogP contribution is 2.25. The molecule has 0 aromatic carbocycles. The molecule has 0 saturated heterocycles. The van der Waals surface area contributed by atoms with Crippen LogP contribution in [-0.2, 0) is 13.0 Å². The van der Waals surface area contributed by atoms with Gasteiger partial charge in [0, 0.05) is 43.3 Å². The van der Waals surface area contributed by atoms with Gasteiger partial charge in [-0.25, -0.2) is 14.6 Å². The van der Waals surface area contributed by atoms with E-state index in [2.05, 4.69) is 20.4 Å². The first-order valence-electron chi connectivity index (χ1n) is 10.5. The average Bonchev–Trinajstić information content (AvgIpc) is 3.61. The summed E-state index contributed by atoms with van der Waals surface area (Å²) < 4.78 is 33.9. The molecule has 172 valence electrons. The Morgan fingerprint density at radius 3 is 2.85 bits per heavy atom.